The maximum absolute atomic E-state index is 5.38. The first-order chi connectivity index (χ1) is 22.0. The van der Waals surface area contributed by atoms with Crippen LogP contribution >= 0.6 is 78.5 Å². The molecule has 244 valence electrons. The number of hydrogen-bond donors (Lipinski definition) is 0. The van der Waals surface area contributed by atoms with Crippen molar-refractivity contribution in [2.45, 2.75) is 120 Å². The van der Waals surface area contributed by atoms with Gasteiger partial charge in [0.1, 0.15) is 0 Å². The van der Waals surface area contributed by atoms with E-state index in [1.54, 1.807) is 21.0 Å². The largest absolute Gasteiger partial charge is 0.289 e. The second-order valence-corrected chi connectivity index (χ2v) is 21.0. The summed E-state index contributed by atoms with van der Waals surface area (Å²) in [5.74, 6) is 1.67. The minimum atomic E-state index is 0.432. The Morgan fingerprint density at radius 2 is 1.69 bits per heavy atom. The molecule has 0 saturated carbocycles. The lowest BCUT2D eigenvalue weighted by atomic mass is 9.73. The third-order valence-corrected chi connectivity index (χ3v) is 17.1. The van der Waals surface area contributed by atoms with Gasteiger partial charge in [0.2, 0.25) is 0 Å². The minimum Gasteiger partial charge on any atom is -0.289 e. The van der Waals surface area contributed by atoms with Crippen molar-refractivity contribution in [3.63, 3.8) is 0 Å². The van der Waals surface area contributed by atoms with E-state index in [2.05, 4.69) is 113 Å². The molecule has 0 aromatic carbocycles. The Morgan fingerprint density at radius 1 is 0.889 bits per heavy atom. The fourth-order valence-corrected chi connectivity index (χ4v) is 14.5. The number of unbranched alkanes of at least 4 members (excludes halogenated alkanes) is 6. The van der Waals surface area contributed by atoms with Crippen LogP contribution in [0.15, 0.2) is 75.6 Å². The Labute approximate surface area is 306 Å². The van der Waals surface area contributed by atoms with Crippen molar-refractivity contribution in [1.29, 1.82) is 0 Å². The maximum Gasteiger partial charge on any atom is 0.0701 e. The molecule has 4 aliphatic heterocycles. The lowest BCUT2D eigenvalue weighted by Gasteiger charge is -2.37. The van der Waals surface area contributed by atoms with Crippen molar-refractivity contribution >= 4 is 84.2 Å². The summed E-state index contributed by atoms with van der Waals surface area (Å²) in [5.41, 5.74) is 6.27. The molecule has 0 radical (unpaired) electrons. The predicted molar refractivity (Wildman–Crippen MR) is 213 cm³/mol. The Balaban J connectivity index is 1.26. The standard InChI is InChI=1S/C38H49Br2NS4/c1-4-6-8-10-12-25-22-31(44-37(25)29-16-18-33(39)42-29)27-14-15-28(36-35(27)24(3)20-21-41-36)32-23-26(13-11-9-7-5-2)38(45-32)30-17-19-34(40)43-30/h14-16,18-19,22,24-25,30,32,35,37H,4-13,17,20-21,23H2,1-3H3/t24?,25?,30?,32?,35-,37?/m0/s1. The SMILES string of the molecule is CCCCCCC1=C(C2CC=C(Br)S2)SC(C2=CC=C(C3=CC(CCCCCC)C(c4ccc(Br)s4)S3)[C@H]3C2=NCCC3C)C1. The van der Waals surface area contributed by atoms with Gasteiger partial charge in [0, 0.05) is 42.3 Å². The first kappa shape index (κ1) is 34.9. The summed E-state index contributed by atoms with van der Waals surface area (Å²) in [4.78, 5) is 10.1. The second-order valence-electron chi connectivity index (χ2n) is 13.4. The van der Waals surface area contributed by atoms with Gasteiger partial charge in [-0.05, 0) is 110 Å². The van der Waals surface area contributed by atoms with Crippen LogP contribution in [0.25, 0.3) is 0 Å². The smallest absolute Gasteiger partial charge is 0.0701 e. The predicted octanol–water partition coefficient (Wildman–Crippen LogP) is 14.2. The van der Waals surface area contributed by atoms with Crippen LogP contribution in [0.4, 0.5) is 0 Å². The summed E-state index contributed by atoms with van der Waals surface area (Å²) in [6.45, 7) is 8.11. The zero-order valence-corrected chi connectivity index (χ0v) is 33.6. The van der Waals surface area contributed by atoms with Gasteiger partial charge in [-0.25, -0.2) is 0 Å². The number of allylic oxidation sites excluding steroid dienone is 6. The molecule has 5 aliphatic rings. The molecule has 0 bridgehead atoms. The summed E-state index contributed by atoms with van der Waals surface area (Å²) < 4.78 is 2.57. The lowest BCUT2D eigenvalue weighted by Crippen LogP contribution is -2.34. The van der Waals surface area contributed by atoms with E-state index < -0.39 is 0 Å². The van der Waals surface area contributed by atoms with Crippen LogP contribution in [0.2, 0.25) is 0 Å². The lowest BCUT2D eigenvalue weighted by molar-refractivity contribution is 0.453. The summed E-state index contributed by atoms with van der Waals surface area (Å²) in [6, 6.07) is 4.61. The van der Waals surface area contributed by atoms with Gasteiger partial charge in [0.25, 0.3) is 0 Å². The molecule has 0 spiro atoms. The van der Waals surface area contributed by atoms with E-state index in [-0.39, 0.29) is 0 Å². The molecule has 5 heterocycles. The molecule has 6 atom stereocenters. The Morgan fingerprint density at radius 3 is 2.42 bits per heavy atom. The Kier molecular flexibility index (Phi) is 12.9. The number of halogens is 2. The van der Waals surface area contributed by atoms with E-state index in [0.29, 0.717) is 33.5 Å². The van der Waals surface area contributed by atoms with Gasteiger partial charge in [0.05, 0.1) is 9.04 Å². The first-order valence-electron chi connectivity index (χ1n) is 17.5. The van der Waals surface area contributed by atoms with Gasteiger partial charge in [-0.15, -0.1) is 46.6 Å². The molecular weight excluding hydrogens is 759 g/mol. The number of rotatable bonds is 14. The van der Waals surface area contributed by atoms with Gasteiger partial charge >= 0.3 is 0 Å². The highest BCUT2D eigenvalue weighted by molar-refractivity contribution is 9.14. The Bertz CT molecular complexity index is 1400. The molecule has 5 unspecified atom stereocenters. The fourth-order valence-electron chi connectivity index (χ4n) is 7.69. The van der Waals surface area contributed by atoms with Crippen molar-refractivity contribution in [2.75, 3.05) is 6.54 Å². The van der Waals surface area contributed by atoms with Crippen molar-refractivity contribution in [1.82, 2.24) is 0 Å². The quantitative estimate of drug-likeness (QED) is 0.174. The molecule has 6 rings (SSSR count). The van der Waals surface area contributed by atoms with Gasteiger partial charge in [-0.3, -0.25) is 4.99 Å². The van der Waals surface area contributed by atoms with Gasteiger partial charge in [-0.2, -0.15) is 0 Å². The van der Waals surface area contributed by atoms with E-state index in [0.717, 1.165) is 13.0 Å². The molecule has 0 fully saturated rings. The van der Waals surface area contributed by atoms with Crippen LogP contribution in [0.1, 0.15) is 114 Å². The van der Waals surface area contributed by atoms with Crippen LogP contribution in [0.5, 0.6) is 0 Å². The van der Waals surface area contributed by atoms with Crippen LogP contribution in [-0.4, -0.2) is 22.8 Å². The molecule has 1 aliphatic carbocycles. The van der Waals surface area contributed by atoms with Crippen LogP contribution in [-0.2, 0) is 0 Å². The molecule has 0 amide bonds. The molecule has 0 N–H and O–H groups in total. The zero-order valence-electron chi connectivity index (χ0n) is 27.2. The van der Waals surface area contributed by atoms with Gasteiger partial charge < -0.3 is 0 Å². The molecule has 1 aromatic rings. The monoisotopic (exact) mass is 805 g/mol. The zero-order chi connectivity index (χ0) is 31.3. The maximum atomic E-state index is 5.38. The molecule has 1 nitrogen and oxygen atoms in total. The average molecular weight is 808 g/mol. The van der Waals surface area contributed by atoms with Crippen molar-refractivity contribution in [3.8, 4) is 0 Å². The van der Waals surface area contributed by atoms with E-state index in [4.69, 9.17) is 4.99 Å². The Hall–Kier alpha value is 0.0800. The summed E-state index contributed by atoms with van der Waals surface area (Å²) in [5, 5.41) is 1.64. The molecule has 45 heavy (non-hydrogen) atoms. The summed E-state index contributed by atoms with van der Waals surface area (Å²) >= 11 is 15.9. The summed E-state index contributed by atoms with van der Waals surface area (Å²) in [7, 11) is 0. The normalized spacial score (nSPS) is 29.8. The van der Waals surface area contributed by atoms with Crippen molar-refractivity contribution in [2.24, 2.45) is 22.7 Å². The van der Waals surface area contributed by atoms with Gasteiger partial charge in [-0.1, -0.05) is 95.6 Å². The second kappa shape index (κ2) is 16.7. The third-order valence-electron chi connectivity index (χ3n) is 10.1. The number of thioether (sulfide) groups is 3. The molecule has 1 aromatic heterocycles. The third kappa shape index (κ3) is 8.28. The highest BCUT2D eigenvalue weighted by Crippen LogP contribution is 2.57. The number of fused-ring (bicyclic) bond motifs is 1. The van der Waals surface area contributed by atoms with E-state index in [1.165, 1.54) is 101 Å². The molecule has 0 saturated heterocycles. The highest BCUT2D eigenvalue weighted by Gasteiger charge is 2.42. The fraction of sp³-hybridized carbons (Fsp3) is 0.605. The minimum absolute atomic E-state index is 0.432. The summed E-state index contributed by atoms with van der Waals surface area (Å²) in [6.07, 6.45) is 27.0. The number of thiophene rings is 1. The molecular formula is C38H49Br2NS4. The molecule has 7 heteroatoms. The topological polar surface area (TPSA) is 12.4 Å². The van der Waals surface area contributed by atoms with Gasteiger partial charge in [0.15, 0.2) is 0 Å². The average Bonchev–Trinajstić information content (AvgIpc) is 3.84. The highest BCUT2D eigenvalue weighted by atomic mass is 79.9. The van der Waals surface area contributed by atoms with E-state index in [9.17, 15) is 0 Å². The number of nitrogens with zero attached hydrogens (tertiary/aromatic N) is 1. The van der Waals surface area contributed by atoms with Crippen LogP contribution in [0, 0.1) is 17.8 Å². The van der Waals surface area contributed by atoms with Crippen LogP contribution < -0.4 is 0 Å². The van der Waals surface area contributed by atoms with Crippen molar-refractivity contribution < 1.29 is 0 Å². The van der Waals surface area contributed by atoms with Crippen molar-refractivity contribution in [3.05, 3.63) is 75.4 Å². The number of hydrogen-bond acceptors (Lipinski definition) is 5. The number of aliphatic imine (C=N–C) groups is 1. The van der Waals surface area contributed by atoms with Crippen LogP contribution in [0.3, 0.4) is 0 Å². The van der Waals surface area contributed by atoms with E-state index >= 15 is 0 Å². The van der Waals surface area contributed by atoms with E-state index in [1.807, 2.05) is 23.1 Å². The first-order valence-corrected chi connectivity index (χ1v) is 22.5.